The first-order valence-electron chi connectivity index (χ1n) is 6.69. The van der Waals surface area contributed by atoms with Crippen molar-refractivity contribution in [3.63, 3.8) is 0 Å². The lowest BCUT2D eigenvalue weighted by atomic mass is 10.1. The molecule has 1 rings (SSSR count). The number of ether oxygens (including phenoxy) is 1. The van der Waals surface area contributed by atoms with Crippen molar-refractivity contribution in [3.8, 4) is 5.75 Å². The molecule has 0 aliphatic rings. The molecule has 0 amide bonds. The Hall–Kier alpha value is -1.03. The molecule has 1 N–H and O–H groups in total. The Balaban J connectivity index is 2.56. The highest BCUT2D eigenvalue weighted by molar-refractivity contribution is 5.12. The van der Waals surface area contributed by atoms with E-state index in [0.717, 1.165) is 38.3 Å². The van der Waals surface area contributed by atoms with E-state index in [1.54, 1.807) is 0 Å². The summed E-state index contributed by atoms with van der Waals surface area (Å²) in [7, 11) is 0. The van der Waals surface area contributed by atoms with Gasteiger partial charge in [-0.1, -0.05) is 27.2 Å². The fraction of sp³-hybridized carbons (Fsp3) is 0.769. The van der Waals surface area contributed by atoms with Gasteiger partial charge in [-0.3, -0.25) is 4.68 Å². The zero-order chi connectivity index (χ0) is 12.5. The lowest BCUT2D eigenvalue weighted by molar-refractivity contribution is 0.315. The van der Waals surface area contributed by atoms with Crippen LogP contribution in [0.1, 0.15) is 46.1 Å². The number of nitrogens with zero attached hydrogens (tertiary/aromatic N) is 2. The maximum Gasteiger partial charge on any atom is 0.157 e. The van der Waals surface area contributed by atoms with Crippen LogP contribution >= 0.6 is 0 Å². The summed E-state index contributed by atoms with van der Waals surface area (Å²) in [5.41, 5.74) is 0. The number of likely N-dealkylation sites (N-methyl/N-ethyl adjacent to an activating group) is 1. The topological polar surface area (TPSA) is 39.1 Å². The van der Waals surface area contributed by atoms with Crippen LogP contribution in [0.4, 0.5) is 0 Å². The molecule has 0 bridgehead atoms. The van der Waals surface area contributed by atoms with E-state index in [4.69, 9.17) is 4.74 Å². The normalized spacial score (nSPS) is 12.6. The third kappa shape index (κ3) is 4.77. The average molecular weight is 239 g/mol. The molecule has 1 atom stereocenters. The summed E-state index contributed by atoms with van der Waals surface area (Å²) in [6, 6.07) is 0.430. The molecule has 0 spiro atoms. The molecule has 4 nitrogen and oxygen atoms in total. The summed E-state index contributed by atoms with van der Waals surface area (Å²) in [6.45, 7) is 9.17. The second-order valence-electron chi connectivity index (χ2n) is 4.25. The number of nitrogens with one attached hydrogen (secondary N) is 1. The number of rotatable bonds is 9. The van der Waals surface area contributed by atoms with E-state index in [2.05, 4.69) is 31.2 Å². The zero-order valence-corrected chi connectivity index (χ0v) is 11.3. The molecule has 1 heterocycles. The number of hydrogen-bond donors (Lipinski definition) is 1. The van der Waals surface area contributed by atoms with Crippen molar-refractivity contribution in [1.82, 2.24) is 15.1 Å². The van der Waals surface area contributed by atoms with Crippen molar-refractivity contribution in [2.24, 2.45) is 0 Å². The molecular weight excluding hydrogens is 214 g/mol. The SMILES string of the molecule is CCCOc1cnn(C(CCC)CNCC)c1. The van der Waals surface area contributed by atoms with Gasteiger partial charge in [0.1, 0.15) is 0 Å². The van der Waals surface area contributed by atoms with Crippen molar-refractivity contribution in [2.75, 3.05) is 19.7 Å². The molecule has 98 valence electrons. The third-order valence-electron chi connectivity index (χ3n) is 2.68. The van der Waals surface area contributed by atoms with Crippen LogP contribution in [-0.2, 0) is 0 Å². The first-order valence-corrected chi connectivity index (χ1v) is 6.69. The molecule has 0 aromatic carbocycles. The summed E-state index contributed by atoms with van der Waals surface area (Å²) in [4.78, 5) is 0. The fourth-order valence-electron chi connectivity index (χ4n) is 1.79. The van der Waals surface area contributed by atoms with Crippen LogP contribution in [0.15, 0.2) is 12.4 Å². The Morgan fingerprint density at radius 2 is 2.18 bits per heavy atom. The lowest BCUT2D eigenvalue weighted by Crippen LogP contribution is -2.25. The minimum Gasteiger partial charge on any atom is -0.490 e. The van der Waals surface area contributed by atoms with E-state index in [9.17, 15) is 0 Å². The zero-order valence-electron chi connectivity index (χ0n) is 11.3. The van der Waals surface area contributed by atoms with E-state index in [0.29, 0.717) is 6.04 Å². The maximum atomic E-state index is 5.56. The van der Waals surface area contributed by atoms with Crippen molar-refractivity contribution >= 4 is 0 Å². The van der Waals surface area contributed by atoms with Crippen molar-refractivity contribution < 1.29 is 4.74 Å². The van der Waals surface area contributed by atoms with Gasteiger partial charge in [-0.2, -0.15) is 5.10 Å². The molecule has 0 aliphatic carbocycles. The van der Waals surface area contributed by atoms with Crippen LogP contribution in [-0.4, -0.2) is 29.5 Å². The molecule has 1 unspecified atom stereocenters. The lowest BCUT2D eigenvalue weighted by Gasteiger charge is -2.16. The highest BCUT2D eigenvalue weighted by Crippen LogP contribution is 2.16. The molecule has 1 aromatic rings. The highest BCUT2D eigenvalue weighted by atomic mass is 16.5. The van der Waals surface area contributed by atoms with Gasteiger partial charge in [-0.15, -0.1) is 0 Å². The van der Waals surface area contributed by atoms with Gasteiger partial charge in [0.15, 0.2) is 5.75 Å². The molecule has 0 saturated heterocycles. The minimum absolute atomic E-state index is 0.430. The van der Waals surface area contributed by atoms with Gasteiger partial charge in [-0.05, 0) is 19.4 Å². The van der Waals surface area contributed by atoms with Crippen LogP contribution in [0.25, 0.3) is 0 Å². The van der Waals surface area contributed by atoms with Gasteiger partial charge in [0.2, 0.25) is 0 Å². The summed E-state index contributed by atoms with van der Waals surface area (Å²) in [5, 5.41) is 7.78. The van der Waals surface area contributed by atoms with Crippen molar-refractivity contribution in [2.45, 2.75) is 46.1 Å². The number of aromatic nitrogens is 2. The molecule has 1 aromatic heterocycles. The van der Waals surface area contributed by atoms with Crippen LogP contribution < -0.4 is 10.1 Å². The van der Waals surface area contributed by atoms with Gasteiger partial charge in [-0.25, -0.2) is 0 Å². The minimum atomic E-state index is 0.430. The predicted octanol–water partition coefficient (Wildman–Crippen LogP) is 2.62. The van der Waals surface area contributed by atoms with Crippen LogP contribution in [0, 0.1) is 0 Å². The van der Waals surface area contributed by atoms with Crippen molar-refractivity contribution in [3.05, 3.63) is 12.4 Å². The molecule has 4 heteroatoms. The quantitative estimate of drug-likeness (QED) is 0.720. The molecule has 0 aliphatic heterocycles. The summed E-state index contributed by atoms with van der Waals surface area (Å²) < 4.78 is 7.59. The largest absolute Gasteiger partial charge is 0.490 e. The molecule has 0 saturated carbocycles. The van der Waals surface area contributed by atoms with Gasteiger partial charge >= 0.3 is 0 Å². The monoisotopic (exact) mass is 239 g/mol. The van der Waals surface area contributed by atoms with Gasteiger partial charge in [0.25, 0.3) is 0 Å². The van der Waals surface area contributed by atoms with Gasteiger partial charge < -0.3 is 10.1 Å². The second-order valence-corrected chi connectivity index (χ2v) is 4.25. The van der Waals surface area contributed by atoms with Crippen LogP contribution in [0.3, 0.4) is 0 Å². The Labute approximate surface area is 104 Å². The Kier molecular flexibility index (Phi) is 6.70. The van der Waals surface area contributed by atoms with E-state index in [-0.39, 0.29) is 0 Å². The standard InChI is InChI=1S/C13H25N3O/c1-4-7-12(9-14-6-3)16-11-13(10-15-16)17-8-5-2/h10-12,14H,4-9H2,1-3H3. The number of hydrogen-bond acceptors (Lipinski definition) is 3. The predicted molar refractivity (Wildman–Crippen MR) is 70.5 cm³/mol. The van der Waals surface area contributed by atoms with Gasteiger partial charge in [0, 0.05) is 6.54 Å². The van der Waals surface area contributed by atoms with E-state index < -0.39 is 0 Å². The summed E-state index contributed by atoms with van der Waals surface area (Å²) in [6.07, 6.45) is 7.15. The molecule has 0 radical (unpaired) electrons. The molecule has 17 heavy (non-hydrogen) atoms. The maximum absolute atomic E-state index is 5.56. The highest BCUT2D eigenvalue weighted by Gasteiger charge is 2.11. The average Bonchev–Trinajstić information content (AvgIpc) is 2.80. The van der Waals surface area contributed by atoms with Crippen LogP contribution in [0.5, 0.6) is 5.75 Å². The Morgan fingerprint density at radius 3 is 2.82 bits per heavy atom. The summed E-state index contributed by atoms with van der Waals surface area (Å²) in [5.74, 6) is 0.879. The van der Waals surface area contributed by atoms with E-state index in [1.165, 1.54) is 6.42 Å². The molecular formula is C13H25N3O. The summed E-state index contributed by atoms with van der Waals surface area (Å²) >= 11 is 0. The Morgan fingerprint density at radius 1 is 1.35 bits per heavy atom. The fourth-order valence-corrected chi connectivity index (χ4v) is 1.79. The Bertz CT molecular complexity index is 299. The second kappa shape index (κ2) is 8.12. The smallest absolute Gasteiger partial charge is 0.157 e. The molecule has 0 fully saturated rings. The van der Waals surface area contributed by atoms with E-state index in [1.807, 2.05) is 17.1 Å². The van der Waals surface area contributed by atoms with E-state index >= 15 is 0 Å². The van der Waals surface area contributed by atoms with Gasteiger partial charge in [0.05, 0.1) is 25.0 Å². The first kappa shape index (κ1) is 14.0. The first-order chi connectivity index (χ1) is 8.31. The third-order valence-corrected chi connectivity index (χ3v) is 2.68. The van der Waals surface area contributed by atoms with Crippen molar-refractivity contribution in [1.29, 1.82) is 0 Å². The van der Waals surface area contributed by atoms with Crippen LogP contribution in [0.2, 0.25) is 0 Å².